The zero-order valence-electron chi connectivity index (χ0n) is 16.4. The second kappa shape index (κ2) is 7.50. The zero-order chi connectivity index (χ0) is 21.5. The van der Waals surface area contributed by atoms with Gasteiger partial charge >= 0.3 is 6.61 Å². The van der Waals surface area contributed by atoms with E-state index in [1.54, 1.807) is 19.1 Å². The number of ether oxygens (including phenoxy) is 1. The number of nitrogens with zero attached hydrogens (tertiary/aromatic N) is 2. The molecule has 2 N–H and O–H groups in total. The molecule has 158 valence electrons. The van der Waals surface area contributed by atoms with E-state index < -0.39 is 6.61 Å². The summed E-state index contributed by atoms with van der Waals surface area (Å²) in [5.74, 6) is 1.38. The number of halogens is 2. The van der Waals surface area contributed by atoms with E-state index in [0.717, 1.165) is 22.9 Å². The van der Waals surface area contributed by atoms with E-state index in [1.807, 2.05) is 18.2 Å². The zero-order valence-corrected chi connectivity index (χ0v) is 16.4. The molecule has 0 amide bonds. The summed E-state index contributed by atoms with van der Waals surface area (Å²) in [7, 11) is 0. The van der Waals surface area contributed by atoms with Crippen molar-refractivity contribution in [1.82, 2.24) is 15.1 Å². The van der Waals surface area contributed by atoms with Crippen molar-refractivity contribution in [2.24, 2.45) is 0 Å². The highest BCUT2D eigenvalue weighted by Gasteiger charge is 2.43. The van der Waals surface area contributed by atoms with Gasteiger partial charge in [0.2, 0.25) is 11.4 Å². The minimum atomic E-state index is -2.87. The molecular weight excluding hydrogens is 406 g/mol. The summed E-state index contributed by atoms with van der Waals surface area (Å²) < 4.78 is 34.7. The first-order chi connectivity index (χ1) is 15.0. The summed E-state index contributed by atoms with van der Waals surface area (Å²) in [6.07, 6.45) is 0.898. The van der Waals surface area contributed by atoms with E-state index in [4.69, 9.17) is 4.52 Å². The van der Waals surface area contributed by atoms with Crippen LogP contribution in [-0.4, -0.2) is 21.7 Å². The van der Waals surface area contributed by atoms with Gasteiger partial charge in [-0.15, -0.1) is 0 Å². The summed E-state index contributed by atoms with van der Waals surface area (Å²) in [6.45, 7) is -1.19. The number of aromatic amines is 1. The molecule has 1 fully saturated rings. The van der Waals surface area contributed by atoms with E-state index in [0.29, 0.717) is 23.1 Å². The lowest BCUT2D eigenvalue weighted by Gasteiger charge is -2.09. The number of pyridine rings is 1. The van der Waals surface area contributed by atoms with Crippen molar-refractivity contribution < 1.29 is 18.0 Å². The number of H-pyrrole nitrogens is 1. The SMILES string of the molecule is Cc1cc(Nc2noc(C3CC3c3ccc4[nH]c(=O)ccc4c3)n2)ccc1OC(F)F. The smallest absolute Gasteiger partial charge is 0.387 e. The van der Waals surface area contributed by atoms with Gasteiger partial charge in [0.05, 0.1) is 0 Å². The van der Waals surface area contributed by atoms with E-state index >= 15 is 0 Å². The van der Waals surface area contributed by atoms with Gasteiger partial charge in [0.25, 0.3) is 5.95 Å². The van der Waals surface area contributed by atoms with Gasteiger partial charge in [0.15, 0.2) is 0 Å². The number of anilines is 2. The van der Waals surface area contributed by atoms with Crippen molar-refractivity contribution in [3.8, 4) is 5.75 Å². The highest BCUT2D eigenvalue weighted by molar-refractivity contribution is 5.79. The Hall–Kier alpha value is -3.75. The van der Waals surface area contributed by atoms with Crippen molar-refractivity contribution in [1.29, 1.82) is 0 Å². The first-order valence-corrected chi connectivity index (χ1v) is 9.75. The quantitative estimate of drug-likeness (QED) is 0.460. The predicted molar refractivity (Wildman–Crippen MR) is 110 cm³/mol. The number of aryl methyl sites for hydroxylation is 1. The summed E-state index contributed by atoms with van der Waals surface area (Å²) >= 11 is 0. The monoisotopic (exact) mass is 424 g/mol. The molecule has 5 rings (SSSR count). The Morgan fingerprint density at radius 2 is 2.03 bits per heavy atom. The van der Waals surface area contributed by atoms with Crippen LogP contribution in [0.3, 0.4) is 0 Å². The average Bonchev–Trinajstić information content (AvgIpc) is 3.40. The van der Waals surface area contributed by atoms with Crippen LogP contribution in [0.4, 0.5) is 20.4 Å². The number of alkyl halides is 2. The van der Waals surface area contributed by atoms with Crippen LogP contribution in [0.2, 0.25) is 0 Å². The van der Waals surface area contributed by atoms with Crippen LogP contribution in [0, 0.1) is 6.92 Å². The maximum absolute atomic E-state index is 12.4. The Balaban J connectivity index is 1.28. The normalized spacial score (nSPS) is 17.8. The highest BCUT2D eigenvalue weighted by atomic mass is 19.3. The standard InChI is InChI=1S/C22H18F2N4O3/c1-11-8-14(4-6-18(11)30-21(23)24)25-22-27-20(31-28-22)16-10-15(16)12-2-5-17-13(9-12)3-7-19(29)26-17/h2-9,15-16,21H,10H2,1H3,(H,25,28)(H,26,29). The van der Waals surface area contributed by atoms with Gasteiger partial charge in [-0.05, 0) is 77.3 Å². The highest BCUT2D eigenvalue weighted by Crippen LogP contribution is 2.54. The van der Waals surface area contributed by atoms with Crippen LogP contribution in [0.5, 0.6) is 5.75 Å². The maximum Gasteiger partial charge on any atom is 0.387 e. The molecule has 9 heteroatoms. The van der Waals surface area contributed by atoms with Crippen LogP contribution >= 0.6 is 0 Å². The maximum atomic E-state index is 12.4. The fourth-order valence-corrected chi connectivity index (χ4v) is 3.76. The van der Waals surface area contributed by atoms with Crippen molar-refractivity contribution >= 4 is 22.5 Å². The van der Waals surface area contributed by atoms with Crippen LogP contribution in [0.1, 0.15) is 35.3 Å². The van der Waals surface area contributed by atoms with E-state index in [1.165, 1.54) is 12.1 Å². The summed E-state index contributed by atoms with van der Waals surface area (Å²) in [4.78, 5) is 18.7. The first kappa shape index (κ1) is 19.2. The molecule has 31 heavy (non-hydrogen) atoms. The Bertz CT molecular complexity index is 1320. The third-order valence-electron chi connectivity index (χ3n) is 5.37. The van der Waals surface area contributed by atoms with Crippen molar-refractivity contribution in [3.05, 3.63) is 75.9 Å². The van der Waals surface area contributed by atoms with Crippen molar-refractivity contribution in [2.75, 3.05) is 5.32 Å². The minimum Gasteiger partial charge on any atom is -0.435 e. The topological polar surface area (TPSA) is 93.0 Å². The largest absolute Gasteiger partial charge is 0.435 e. The van der Waals surface area contributed by atoms with Gasteiger partial charge in [0.1, 0.15) is 5.75 Å². The van der Waals surface area contributed by atoms with Crippen LogP contribution in [0.25, 0.3) is 10.9 Å². The fourth-order valence-electron chi connectivity index (χ4n) is 3.76. The van der Waals surface area contributed by atoms with E-state index in [-0.39, 0.29) is 23.1 Å². The third-order valence-corrected chi connectivity index (χ3v) is 5.37. The molecule has 2 aromatic heterocycles. The molecule has 1 aliphatic rings. The van der Waals surface area contributed by atoms with Gasteiger partial charge in [-0.2, -0.15) is 13.8 Å². The van der Waals surface area contributed by atoms with Crippen molar-refractivity contribution in [2.45, 2.75) is 31.8 Å². The summed E-state index contributed by atoms with van der Waals surface area (Å²) in [6, 6.07) is 14.1. The molecular formula is C22H18F2N4O3. The molecule has 0 saturated heterocycles. The summed E-state index contributed by atoms with van der Waals surface area (Å²) in [5, 5.41) is 7.97. The molecule has 2 heterocycles. The van der Waals surface area contributed by atoms with Crippen LogP contribution < -0.4 is 15.6 Å². The van der Waals surface area contributed by atoms with Gasteiger partial charge in [0, 0.05) is 23.2 Å². The molecule has 4 aromatic rings. The Morgan fingerprint density at radius 1 is 1.16 bits per heavy atom. The molecule has 0 aliphatic heterocycles. The lowest BCUT2D eigenvalue weighted by molar-refractivity contribution is -0.0502. The Kier molecular flexibility index (Phi) is 4.65. The average molecular weight is 424 g/mol. The molecule has 0 bridgehead atoms. The molecule has 0 radical (unpaired) electrons. The second-order valence-corrected chi connectivity index (χ2v) is 7.56. The lowest BCUT2D eigenvalue weighted by Crippen LogP contribution is -2.03. The van der Waals surface area contributed by atoms with Gasteiger partial charge in [-0.1, -0.05) is 6.07 Å². The number of aromatic nitrogens is 3. The number of benzene rings is 2. The molecule has 1 aliphatic carbocycles. The summed E-state index contributed by atoms with van der Waals surface area (Å²) in [5.41, 5.74) is 3.04. The molecule has 2 atom stereocenters. The lowest BCUT2D eigenvalue weighted by atomic mass is 10.1. The van der Waals surface area contributed by atoms with Gasteiger partial charge < -0.3 is 19.6 Å². The third kappa shape index (κ3) is 3.98. The first-order valence-electron chi connectivity index (χ1n) is 9.75. The number of fused-ring (bicyclic) bond motifs is 1. The number of hydrogen-bond acceptors (Lipinski definition) is 6. The van der Waals surface area contributed by atoms with Crippen LogP contribution in [0.15, 0.2) is 57.8 Å². The fraction of sp³-hybridized carbons (Fsp3) is 0.227. The van der Waals surface area contributed by atoms with Crippen molar-refractivity contribution in [3.63, 3.8) is 0 Å². The molecule has 7 nitrogen and oxygen atoms in total. The molecule has 0 spiro atoms. The second-order valence-electron chi connectivity index (χ2n) is 7.56. The molecule has 2 unspecified atom stereocenters. The van der Waals surface area contributed by atoms with E-state index in [2.05, 4.69) is 31.2 Å². The number of hydrogen-bond donors (Lipinski definition) is 2. The van der Waals surface area contributed by atoms with Crippen LogP contribution in [-0.2, 0) is 0 Å². The molecule has 1 saturated carbocycles. The number of rotatable bonds is 6. The van der Waals surface area contributed by atoms with Gasteiger partial charge in [-0.3, -0.25) is 4.79 Å². The number of nitrogens with one attached hydrogen (secondary N) is 2. The minimum absolute atomic E-state index is 0.120. The van der Waals surface area contributed by atoms with E-state index in [9.17, 15) is 13.6 Å². The Labute approximate surface area is 175 Å². The Morgan fingerprint density at radius 3 is 2.84 bits per heavy atom. The predicted octanol–water partition coefficient (Wildman–Crippen LogP) is 4.84. The van der Waals surface area contributed by atoms with Gasteiger partial charge in [-0.25, -0.2) is 0 Å². The molecule has 2 aromatic carbocycles.